The molecule has 0 bridgehead atoms. The van der Waals surface area contributed by atoms with E-state index in [1.165, 1.54) is 6.07 Å². The van der Waals surface area contributed by atoms with Crippen LogP contribution in [0.4, 0.5) is 4.39 Å². The standard InChI is InChI=1S/C14H22FNO/c1-11(7-8-17-3)16-12(2)9-13-5-4-6-14(15)10-13/h4-6,10-12,16H,7-9H2,1-3H3. The second-order valence-electron chi connectivity index (χ2n) is 4.58. The number of rotatable bonds is 7. The molecule has 2 atom stereocenters. The van der Waals surface area contributed by atoms with E-state index in [0.717, 1.165) is 25.0 Å². The summed E-state index contributed by atoms with van der Waals surface area (Å²) in [5.41, 5.74) is 1.03. The Labute approximate surface area is 103 Å². The molecule has 0 aliphatic carbocycles. The van der Waals surface area contributed by atoms with Crippen LogP contribution in [0.25, 0.3) is 0 Å². The van der Waals surface area contributed by atoms with Crippen molar-refractivity contribution in [2.45, 2.75) is 38.8 Å². The van der Waals surface area contributed by atoms with Crippen LogP contribution in [0.3, 0.4) is 0 Å². The number of benzene rings is 1. The lowest BCUT2D eigenvalue weighted by Crippen LogP contribution is -2.36. The number of halogens is 1. The SMILES string of the molecule is COCCC(C)NC(C)Cc1cccc(F)c1. The monoisotopic (exact) mass is 239 g/mol. The highest BCUT2D eigenvalue weighted by Crippen LogP contribution is 2.07. The van der Waals surface area contributed by atoms with Gasteiger partial charge in [0.15, 0.2) is 0 Å². The first-order valence-electron chi connectivity index (χ1n) is 6.11. The van der Waals surface area contributed by atoms with E-state index in [9.17, 15) is 4.39 Å². The van der Waals surface area contributed by atoms with E-state index in [0.29, 0.717) is 12.1 Å². The van der Waals surface area contributed by atoms with Crippen molar-refractivity contribution in [2.24, 2.45) is 0 Å². The molecular formula is C14H22FNO. The molecule has 0 saturated heterocycles. The Morgan fingerprint density at radius 1 is 1.29 bits per heavy atom. The van der Waals surface area contributed by atoms with Crippen molar-refractivity contribution in [2.75, 3.05) is 13.7 Å². The first-order chi connectivity index (χ1) is 8.11. The van der Waals surface area contributed by atoms with Crippen molar-refractivity contribution in [3.8, 4) is 0 Å². The van der Waals surface area contributed by atoms with Crippen LogP contribution in [-0.4, -0.2) is 25.8 Å². The minimum atomic E-state index is -0.165. The molecule has 2 nitrogen and oxygen atoms in total. The summed E-state index contributed by atoms with van der Waals surface area (Å²) in [6, 6.07) is 7.54. The molecule has 0 amide bonds. The van der Waals surface area contributed by atoms with Crippen LogP contribution in [0.2, 0.25) is 0 Å². The highest BCUT2D eigenvalue weighted by Gasteiger charge is 2.08. The van der Waals surface area contributed by atoms with Gasteiger partial charge in [-0.05, 0) is 44.4 Å². The predicted molar refractivity (Wildman–Crippen MR) is 68.7 cm³/mol. The molecular weight excluding hydrogens is 217 g/mol. The molecule has 96 valence electrons. The minimum Gasteiger partial charge on any atom is -0.385 e. The first-order valence-corrected chi connectivity index (χ1v) is 6.11. The van der Waals surface area contributed by atoms with Gasteiger partial charge >= 0.3 is 0 Å². The lowest BCUT2D eigenvalue weighted by Gasteiger charge is -2.19. The largest absolute Gasteiger partial charge is 0.385 e. The molecule has 0 saturated carbocycles. The topological polar surface area (TPSA) is 21.3 Å². The molecule has 0 heterocycles. The second kappa shape index (κ2) is 7.41. The van der Waals surface area contributed by atoms with Crippen LogP contribution in [0.5, 0.6) is 0 Å². The van der Waals surface area contributed by atoms with E-state index in [4.69, 9.17) is 4.74 Å². The van der Waals surface area contributed by atoms with Crippen molar-refractivity contribution >= 4 is 0 Å². The molecule has 0 fully saturated rings. The van der Waals surface area contributed by atoms with Crippen molar-refractivity contribution < 1.29 is 9.13 Å². The minimum absolute atomic E-state index is 0.165. The molecule has 17 heavy (non-hydrogen) atoms. The lowest BCUT2D eigenvalue weighted by molar-refractivity contribution is 0.183. The smallest absolute Gasteiger partial charge is 0.123 e. The molecule has 1 aromatic rings. The summed E-state index contributed by atoms with van der Waals surface area (Å²) >= 11 is 0. The Morgan fingerprint density at radius 2 is 2.06 bits per heavy atom. The van der Waals surface area contributed by atoms with Crippen LogP contribution in [0.15, 0.2) is 24.3 Å². The fraction of sp³-hybridized carbons (Fsp3) is 0.571. The number of hydrogen-bond acceptors (Lipinski definition) is 2. The maximum atomic E-state index is 13.0. The second-order valence-corrected chi connectivity index (χ2v) is 4.58. The quantitative estimate of drug-likeness (QED) is 0.790. The van der Waals surface area contributed by atoms with Crippen LogP contribution < -0.4 is 5.32 Å². The molecule has 1 N–H and O–H groups in total. The van der Waals surface area contributed by atoms with Crippen molar-refractivity contribution in [3.05, 3.63) is 35.6 Å². The maximum Gasteiger partial charge on any atom is 0.123 e. The van der Waals surface area contributed by atoms with Gasteiger partial charge < -0.3 is 10.1 Å². The fourth-order valence-corrected chi connectivity index (χ4v) is 1.94. The van der Waals surface area contributed by atoms with E-state index in [-0.39, 0.29) is 5.82 Å². The van der Waals surface area contributed by atoms with Gasteiger partial charge in [0, 0.05) is 25.8 Å². The summed E-state index contributed by atoms with van der Waals surface area (Å²) in [6.07, 6.45) is 1.83. The zero-order valence-corrected chi connectivity index (χ0v) is 10.9. The number of ether oxygens (including phenoxy) is 1. The van der Waals surface area contributed by atoms with Gasteiger partial charge in [-0.15, -0.1) is 0 Å². The Kier molecular flexibility index (Phi) is 6.16. The molecule has 0 aromatic heterocycles. The Morgan fingerprint density at radius 3 is 2.71 bits per heavy atom. The normalized spacial score (nSPS) is 14.6. The summed E-state index contributed by atoms with van der Waals surface area (Å²) in [4.78, 5) is 0. The average molecular weight is 239 g/mol. The van der Waals surface area contributed by atoms with Crippen LogP contribution in [0, 0.1) is 5.82 Å². The van der Waals surface area contributed by atoms with Gasteiger partial charge in [0.2, 0.25) is 0 Å². The molecule has 2 unspecified atom stereocenters. The first kappa shape index (κ1) is 14.1. The summed E-state index contributed by atoms with van der Waals surface area (Å²) in [5.74, 6) is -0.165. The maximum absolute atomic E-state index is 13.0. The van der Waals surface area contributed by atoms with E-state index in [1.807, 2.05) is 6.07 Å². The summed E-state index contributed by atoms with van der Waals surface area (Å²) < 4.78 is 18.0. The van der Waals surface area contributed by atoms with Crippen LogP contribution >= 0.6 is 0 Å². The fourth-order valence-electron chi connectivity index (χ4n) is 1.94. The third-order valence-corrected chi connectivity index (χ3v) is 2.75. The molecule has 3 heteroatoms. The Hall–Kier alpha value is -0.930. The summed E-state index contributed by atoms with van der Waals surface area (Å²) in [6.45, 7) is 5.02. The van der Waals surface area contributed by atoms with Gasteiger partial charge in [0.25, 0.3) is 0 Å². The predicted octanol–water partition coefficient (Wildman–Crippen LogP) is 2.77. The summed E-state index contributed by atoms with van der Waals surface area (Å²) in [5, 5.41) is 3.48. The zero-order chi connectivity index (χ0) is 12.7. The van der Waals surface area contributed by atoms with Gasteiger partial charge in [0.1, 0.15) is 5.82 Å². The van der Waals surface area contributed by atoms with Crippen molar-refractivity contribution in [3.63, 3.8) is 0 Å². The zero-order valence-electron chi connectivity index (χ0n) is 10.9. The molecule has 1 aromatic carbocycles. The van der Waals surface area contributed by atoms with Crippen molar-refractivity contribution in [1.29, 1.82) is 0 Å². The van der Waals surface area contributed by atoms with E-state index in [2.05, 4.69) is 19.2 Å². The Bertz CT molecular complexity index is 330. The molecule has 0 aliphatic rings. The average Bonchev–Trinajstić information content (AvgIpc) is 2.26. The third kappa shape index (κ3) is 5.80. The van der Waals surface area contributed by atoms with Crippen LogP contribution in [0.1, 0.15) is 25.8 Å². The van der Waals surface area contributed by atoms with E-state index in [1.54, 1.807) is 19.2 Å². The number of hydrogen-bond donors (Lipinski definition) is 1. The van der Waals surface area contributed by atoms with Gasteiger partial charge in [0.05, 0.1) is 0 Å². The molecule has 0 spiro atoms. The summed E-state index contributed by atoms with van der Waals surface area (Å²) in [7, 11) is 1.71. The number of nitrogens with one attached hydrogen (secondary N) is 1. The lowest BCUT2D eigenvalue weighted by atomic mass is 10.1. The highest BCUT2D eigenvalue weighted by atomic mass is 19.1. The Balaban J connectivity index is 2.36. The molecule has 0 radical (unpaired) electrons. The van der Waals surface area contributed by atoms with Gasteiger partial charge in [-0.25, -0.2) is 4.39 Å². The van der Waals surface area contributed by atoms with Crippen LogP contribution in [-0.2, 0) is 11.2 Å². The van der Waals surface area contributed by atoms with E-state index >= 15 is 0 Å². The third-order valence-electron chi connectivity index (χ3n) is 2.75. The number of methoxy groups -OCH3 is 1. The van der Waals surface area contributed by atoms with Gasteiger partial charge in [-0.2, -0.15) is 0 Å². The molecule has 1 rings (SSSR count). The van der Waals surface area contributed by atoms with Gasteiger partial charge in [-0.1, -0.05) is 12.1 Å². The van der Waals surface area contributed by atoms with E-state index < -0.39 is 0 Å². The molecule has 0 aliphatic heterocycles. The van der Waals surface area contributed by atoms with Crippen molar-refractivity contribution in [1.82, 2.24) is 5.32 Å². The highest BCUT2D eigenvalue weighted by molar-refractivity contribution is 5.17. The van der Waals surface area contributed by atoms with Gasteiger partial charge in [-0.3, -0.25) is 0 Å².